The number of aromatic nitrogens is 4. The monoisotopic (exact) mass is 985 g/mol. The van der Waals surface area contributed by atoms with Gasteiger partial charge in [-0.15, -0.1) is 0 Å². The van der Waals surface area contributed by atoms with E-state index in [1.54, 1.807) is 24.4 Å². The zero-order valence-electron chi connectivity index (χ0n) is 54.6. The third-order valence-corrected chi connectivity index (χ3v) is 12.6. The van der Waals surface area contributed by atoms with Crippen molar-refractivity contribution in [1.29, 1.82) is 0 Å². The van der Waals surface area contributed by atoms with E-state index in [4.69, 9.17) is 12.5 Å². The molecule has 0 aliphatic carbocycles. The SMILES string of the molecule is [2H]C([2H])(c1cc(-c2cccc(-c3cc(C([2H])([2H])C(C)C)cc(C([2H])([2H])C(C)C)c3)c2-[n+]2[c-]n(-c3cccc(Oc4ccc5c6ccccc6n(-c6cc(C([2H])([2H])C(C)(C)C)ccn6)c5c4)c3)c3ccccc32)cc(C([2H])([2H])C(C)C)c1)C(C)C. The number of para-hydroxylation sites is 4. The molecule has 0 aliphatic rings. The first-order chi connectivity index (χ1) is 39.3. The van der Waals surface area contributed by atoms with Crippen LogP contribution >= 0.6 is 0 Å². The van der Waals surface area contributed by atoms with Gasteiger partial charge in [-0.05, 0) is 160 Å². The third-order valence-electron chi connectivity index (χ3n) is 12.6. The van der Waals surface area contributed by atoms with Gasteiger partial charge in [0.15, 0.2) is 0 Å². The zero-order valence-corrected chi connectivity index (χ0v) is 44.6. The minimum absolute atomic E-state index is 0.338. The summed E-state index contributed by atoms with van der Waals surface area (Å²) in [6.07, 6.45) is -3.63. The lowest BCUT2D eigenvalue weighted by Gasteiger charge is -2.20. The van der Waals surface area contributed by atoms with E-state index in [-0.39, 0.29) is 0 Å². The molecule has 0 unspecified atom stereocenters. The van der Waals surface area contributed by atoms with Crippen molar-refractivity contribution in [3.8, 4) is 50.9 Å². The molecule has 5 heteroatoms. The first kappa shape index (κ1) is 39.3. The smallest absolute Gasteiger partial charge is 0.269 e. The molecule has 74 heavy (non-hydrogen) atoms. The summed E-state index contributed by atoms with van der Waals surface area (Å²) in [5.74, 6) is -0.113. The van der Waals surface area contributed by atoms with Gasteiger partial charge in [-0.1, -0.05) is 179 Å². The predicted molar refractivity (Wildman–Crippen MR) is 310 cm³/mol. The number of imidazole rings is 1. The molecular weight excluding hydrogens is 901 g/mol. The first-order valence-electron chi connectivity index (χ1n) is 31.0. The van der Waals surface area contributed by atoms with Crippen LogP contribution in [0.1, 0.15) is 118 Å². The number of hydrogen-bond acceptors (Lipinski definition) is 2. The highest BCUT2D eigenvalue weighted by molar-refractivity contribution is 6.09. The second-order valence-electron chi connectivity index (χ2n) is 21.7. The highest BCUT2D eigenvalue weighted by atomic mass is 16.5. The van der Waals surface area contributed by atoms with Crippen molar-refractivity contribution < 1.29 is 23.0 Å². The lowest BCUT2D eigenvalue weighted by molar-refractivity contribution is -0.571. The largest absolute Gasteiger partial charge is 0.458 e. The molecule has 3 aromatic heterocycles. The minimum atomic E-state index is -1.84. The maximum atomic E-state index is 9.39. The van der Waals surface area contributed by atoms with Crippen LogP contribution in [0.3, 0.4) is 0 Å². The van der Waals surface area contributed by atoms with Gasteiger partial charge >= 0.3 is 0 Å². The Balaban J connectivity index is 1.18. The summed E-state index contributed by atoms with van der Waals surface area (Å²) in [4.78, 5) is 4.80. The fraction of sp³-hybridized carbons (Fsp3) is 0.304. The van der Waals surface area contributed by atoms with Crippen molar-refractivity contribution in [2.75, 3.05) is 0 Å². The number of pyridine rings is 1. The van der Waals surface area contributed by atoms with E-state index in [0.717, 1.165) is 32.8 Å². The van der Waals surface area contributed by atoms with Crippen LogP contribution in [0.4, 0.5) is 0 Å². The standard InChI is InChI=1S/C69H74N4O/c1-45(2)30-50-34-51(31-46(3)4)37-54(36-50)59-21-17-22-60(55-38-52(32-47(5)6)35-53(39-55)33-48(7)8)68(59)72-44-71(64-24-14-15-25-65(64)72)56-18-16-19-57(41-56)74-58-26-27-62-61-20-12-13-23-63(61)73(66(62)42-58)67-40-49(28-29-70-67)43-69(9,10)11/h12-29,34-42,45-48H,30-33,43H2,1-11H3/i30D2,31D2,32D2,33D2,43D2. The van der Waals surface area contributed by atoms with Crippen LogP contribution in [-0.2, 0) is 31.9 Å². The summed E-state index contributed by atoms with van der Waals surface area (Å²) in [6.45, 7) is 20.2. The topological polar surface area (TPSA) is 35.9 Å². The Morgan fingerprint density at radius 1 is 0.527 bits per heavy atom. The third kappa shape index (κ3) is 11.0. The molecule has 3 heterocycles. The van der Waals surface area contributed by atoms with Crippen molar-refractivity contribution in [2.24, 2.45) is 29.1 Å². The Hall–Kier alpha value is -7.24. The van der Waals surface area contributed by atoms with E-state index < -0.39 is 61.0 Å². The van der Waals surface area contributed by atoms with Gasteiger partial charge in [0.05, 0.1) is 33.4 Å². The van der Waals surface area contributed by atoms with E-state index >= 15 is 0 Å². The van der Waals surface area contributed by atoms with Gasteiger partial charge < -0.3 is 4.74 Å². The van der Waals surface area contributed by atoms with Gasteiger partial charge in [0.25, 0.3) is 6.33 Å². The molecule has 376 valence electrons. The number of rotatable bonds is 16. The molecule has 5 nitrogen and oxygen atoms in total. The molecule has 0 radical (unpaired) electrons. The zero-order chi connectivity index (χ0) is 60.8. The van der Waals surface area contributed by atoms with Gasteiger partial charge in [-0.25, -0.2) is 4.98 Å². The average Bonchev–Trinajstić information content (AvgIpc) is 1.84. The lowest BCUT2D eigenvalue weighted by Crippen LogP contribution is -2.31. The molecule has 0 saturated carbocycles. The van der Waals surface area contributed by atoms with Crippen molar-refractivity contribution >= 4 is 32.8 Å². The van der Waals surface area contributed by atoms with Crippen LogP contribution in [0.15, 0.2) is 164 Å². The summed E-state index contributed by atoms with van der Waals surface area (Å²) < 4.78 is 106. The van der Waals surface area contributed by atoms with Crippen LogP contribution in [-0.4, -0.2) is 14.1 Å². The normalized spacial score (nSPS) is 15.2. The van der Waals surface area contributed by atoms with Crippen LogP contribution in [0.2, 0.25) is 0 Å². The van der Waals surface area contributed by atoms with E-state index in [1.165, 1.54) is 0 Å². The summed E-state index contributed by atoms with van der Waals surface area (Å²) in [6, 6.07) is 49.6. The fourth-order valence-corrected chi connectivity index (χ4v) is 10.0. The fourth-order valence-electron chi connectivity index (χ4n) is 10.0. The summed E-state index contributed by atoms with van der Waals surface area (Å²) in [5, 5.41) is 2.00. The first-order valence-corrected chi connectivity index (χ1v) is 26.0. The molecule has 0 spiro atoms. The van der Waals surface area contributed by atoms with Crippen molar-refractivity contribution in [2.45, 2.75) is 108 Å². The Morgan fingerprint density at radius 3 is 1.66 bits per heavy atom. The van der Waals surface area contributed by atoms with Crippen LogP contribution in [0, 0.1) is 35.4 Å². The van der Waals surface area contributed by atoms with Gasteiger partial charge in [0.1, 0.15) is 17.3 Å². The summed E-state index contributed by atoms with van der Waals surface area (Å²) >= 11 is 0. The molecule has 0 fully saturated rings. The highest BCUT2D eigenvalue weighted by Gasteiger charge is 2.23. The second-order valence-corrected chi connectivity index (χ2v) is 21.7. The number of hydrogen-bond donors (Lipinski definition) is 0. The number of benzene rings is 7. The van der Waals surface area contributed by atoms with Crippen molar-refractivity contribution in [3.63, 3.8) is 0 Å². The molecule has 0 bridgehead atoms. The van der Waals surface area contributed by atoms with Crippen LogP contribution < -0.4 is 9.30 Å². The van der Waals surface area contributed by atoms with E-state index in [0.29, 0.717) is 78.8 Å². The van der Waals surface area contributed by atoms with Crippen LogP contribution in [0.25, 0.3) is 72.3 Å². The summed E-state index contributed by atoms with van der Waals surface area (Å²) in [7, 11) is 0. The highest BCUT2D eigenvalue weighted by Crippen LogP contribution is 2.39. The molecule has 0 atom stereocenters. The second kappa shape index (κ2) is 20.9. The van der Waals surface area contributed by atoms with Crippen molar-refractivity contribution in [1.82, 2.24) is 14.1 Å². The Morgan fingerprint density at radius 2 is 1.07 bits per heavy atom. The number of fused-ring (bicyclic) bond motifs is 4. The Labute approximate surface area is 454 Å². The van der Waals surface area contributed by atoms with Gasteiger partial charge in [0.2, 0.25) is 0 Å². The number of ether oxygens (including phenoxy) is 1. The van der Waals surface area contributed by atoms with Gasteiger partial charge in [-0.3, -0.25) is 13.7 Å². The number of nitrogens with zero attached hydrogens (tertiary/aromatic N) is 4. The molecule has 10 rings (SSSR count). The summed E-state index contributed by atoms with van der Waals surface area (Å²) in [5.41, 5.74) is 8.18. The van der Waals surface area contributed by atoms with E-state index in [1.807, 2.05) is 219 Å². The Kier molecular flexibility index (Phi) is 11.1. The molecule has 0 amide bonds. The quantitative estimate of drug-likeness (QED) is 0.0714. The molecule has 7 aromatic carbocycles. The molecular formula is C69H74N4O. The van der Waals surface area contributed by atoms with E-state index in [2.05, 4.69) is 17.0 Å². The molecule has 0 saturated heterocycles. The van der Waals surface area contributed by atoms with E-state index in [9.17, 15) is 11.0 Å². The van der Waals surface area contributed by atoms with Crippen molar-refractivity contribution in [3.05, 3.63) is 198 Å². The van der Waals surface area contributed by atoms with Gasteiger partial charge in [-0.2, -0.15) is 0 Å². The minimum Gasteiger partial charge on any atom is -0.458 e. The van der Waals surface area contributed by atoms with Crippen LogP contribution in [0.5, 0.6) is 11.5 Å². The maximum absolute atomic E-state index is 9.39. The lowest BCUT2D eigenvalue weighted by atomic mass is 9.88. The maximum Gasteiger partial charge on any atom is 0.269 e. The Bertz CT molecular complexity index is 3940. The van der Waals surface area contributed by atoms with Gasteiger partial charge in [0, 0.05) is 36.7 Å². The predicted octanol–water partition coefficient (Wildman–Crippen LogP) is 17.7. The average molecular weight is 985 g/mol. The molecule has 0 aliphatic heterocycles. The molecule has 0 N–H and O–H groups in total. The molecule has 10 aromatic rings.